The monoisotopic (exact) mass is 442 g/mol. The second-order valence-corrected chi connectivity index (χ2v) is 7.45. The van der Waals surface area contributed by atoms with E-state index in [0.29, 0.717) is 5.56 Å². The van der Waals surface area contributed by atoms with Gasteiger partial charge in [-0.15, -0.1) is 0 Å². The highest BCUT2D eigenvalue weighted by molar-refractivity contribution is 5.76. The Labute approximate surface area is 188 Å². The smallest absolute Gasteiger partial charge is 0.337 e. The van der Waals surface area contributed by atoms with Gasteiger partial charge in [-0.25, -0.2) is 4.79 Å². The van der Waals surface area contributed by atoms with Crippen LogP contribution >= 0.6 is 0 Å². The van der Waals surface area contributed by atoms with Crippen LogP contribution in [0.3, 0.4) is 0 Å². The van der Waals surface area contributed by atoms with Crippen molar-refractivity contribution < 1.29 is 28.9 Å². The molecule has 0 radical (unpaired) electrons. The molecule has 172 valence electrons. The van der Waals surface area contributed by atoms with E-state index >= 15 is 0 Å². The number of benzene rings is 2. The maximum absolute atomic E-state index is 11.0. The molecule has 2 aliphatic rings. The maximum Gasteiger partial charge on any atom is 0.337 e. The zero-order valence-electron chi connectivity index (χ0n) is 18.3. The van der Waals surface area contributed by atoms with Gasteiger partial charge in [-0.1, -0.05) is 12.1 Å². The fraction of sp³-hybridized carbons (Fsp3) is 0.417. The summed E-state index contributed by atoms with van der Waals surface area (Å²) in [6, 6.07) is 15.1. The van der Waals surface area contributed by atoms with Crippen LogP contribution in [0.15, 0.2) is 48.5 Å². The summed E-state index contributed by atoms with van der Waals surface area (Å²) in [6.45, 7) is 6.64. The second-order valence-electron chi connectivity index (χ2n) is 7.45. The van der Waals surface area contributed by atoms with Crippen LogP contribution in [-0.4, -0.2) is 77.1 Å². The van der Waals surface area contributed by atoms with Crippen molar-refractivity contribution in [3.05, 3.63) is 59.7 Å². The lowest BCUT2D eigenvalue weighted by Crippen LogP contribution is -2.36. The Morgan fingerprint density at radius 2 is 1.31 bits per heavy atom. The van der Waals surface area contributed by atoms with Crippen LogP contribution in [0.1, 0.15) is 22.0 Å². The Kier molecular flexibility index (Phi) is 9.03. The van der Waals surface area contributed by atoms with Crippen molar-refractivity contribution in [3.8, 4) is 0 Å². The quantitative estimate of drug-likeness (QED) is 0.683. The van der Waals surface area contributed by atoms with Crippen molar-refractivity contribution >= 4 is 23.6 Å². The molecule has 2 aromatic rings. The molecule has 2 saturated heterocycles. The molecule has 2 fully saturated rings. The first-order valence-electron chi connectivity index (χ1n) is 10.7. The van der Waals surface area contributed by atoms with Gasteiger partial charge in [0.05, 0.1) is 26.4 Å². The van der Waals surface area contributed by atoms with Gasteiger partial charge >= 0.3 is 5.97 Å². The number of carboxylic acids is 1. The van der Waals surface area contributed by atoms with Crippen LogP contribution < -0.4 is 9.80 Å². The molecule has 0 aromatic heterocycles. The first kappa shape index (κ1) is 23.7. The molecule has 1 N–H and O–H groups in total. The van der Waals surface area contributed by atoms with Crippen LogP contribution in [0, 0.1) is 0 Å². The summed E-state index contributed by atoms with van der Waals surface area (Å²) in [4.78, 5) is 25.9. The average Bonchev–Trinajstić information content (AvgIpc) is 2.86. The predicted octanol–water partition coefficient (Wildman–Crippen LogP) is 2.63. The second kappa shape index (κ2) is 12.2. The Morgan fingerprint density at radius 3 is 1.69 bits per heavy atom. The summed E-state index contributed by atoms with van der Waals surface area (Å²) in [5.74, 6) is -0.975. The zero-order valence-corrected chi connectivity index (χ0v) is 18.3. The molecule has 0 amide bonds. The lowest BCUT2D eigenvalue weighted by atomic mass is 10.1. The molecule has 0 bridgehead atoms. The largest absolute Gasteiger partial charge is 0.479 e. The number of nitrogens with zero attached hydrogens (tertiary/aromatic N) is 2. The van der Waals surface area contributed by atoms with Gasteiger partial charge < -0.3 is 29.1 Å². The van der Waals surface area contributed by atoms with Gasteiger partial charge in [0.25, 0.3) is 0 Å². The van der Waals surface area contributed by atoms with E-state index in [-0.39, 0.29) is 0 Å². The number of morpholine rings is 2. The highest BCUT2D eigenvalue weighted by Crippen LogP contribution is 2.22. The highest BCUT2D eigenvalue weighted by Gasteiger charge is 2.19. The topological polar surface area (TPSA) is 88.5 Å². The average molecular weight is 443 g/mol. The predicted molar refractivity (Wildman–Crippen MR) is 122 cm³/mol. The van der Waals surface area contributed by atoms with Gasteiger partial charge in [0, 0.05) is 50.2 Å². The molecule has 2 aromatic carbocycles. The lowest BCUT2D eigenvalue weighted by molar-refractivity contribution is -0.148. The molecule has 1 atom stereocenters. The third kappa shape index (κ3) is 6.53. The van der Waals surface area contributed by atoms with Crippen molar-refractivity contribution in [3.63, 3.8) is 0 Å². The first-order valence-corrected chi connectivity index (χ1v) is 10.7. The molecule has 8 nitrogen and oxygen atoms in total. The third-order valence-electron chi connectivity index (χ3n) is 5.44. The molecule has 1 unspecified atom stereocenters. The first-order chi connectivity index (χ1) is 15.6. The highest BCUT2D eigenvalue weighted by atomic mass is 16.5. The van der Waals surface area contributed by atoms with E-state index in [1.54, 1.807) is 12.1 Å². The van der Waals surface area contributed by atoms with Crippen LogP contribution in [-0.2, 0) is 19.0 Å². The van der Waals surface area contributed by atoms with E-state index in [0.717, 1.165) is 70.1 Å². The van der Waals surface area contributed by atoms with E-state index in [9.17, 15) is 9.59 Å². The summed E-state index contributed by atoms with van der Waals surface area (Å²) in [6.07, 6.45) is -0.0351. The number of carboxylic acid groups (broad SMARTS) is 1. The van der Waals surface area contributed by atoms with Gasteiger partial charge in [0.1, 0.15) is 6.29 Å². The van der Waals surface area contributed by atoms with Gasteiger partial charge in [-0.2, -0.15) is 0 Å². The number of methoxy groups -OCH3 is 1. The van der Waals surface area contributed by atoms with Crippen LogP contribution in [0.4, 0.5) is 11.4 Å². The summed E-state index contributed by atoms with van der Waals surface area (Å²) in [5.41, 5.74) is 3.63. The number of rotatable bonds is 6. The number of aldehydes is 1. The van der Waals surface area contributed by atoms with Crippen molar-refractivity contribution in [2.45, 2.75) is 6.10 Å². The molecule has 0 aliphatic carbocycles. The lowest BCUT2D eigenvalue weighted by Gasteiger charge is -2.29. The van der Waals surface area contributed by atoms with E-state index in [4.69, 9.17) is 19.3 Å². The SMILES string of the molecule is COC(C(=O)O)c1ccc(N2CCOCC2)cc1.O=Cc1ccc(N2CCOCC2)cc1. The fourth-order valence-electron chi connectivity index (χ4n) is 3.65. The minimum Gasteiger partial charge on any atom is -0.479 e. The Hall–Kier alpha value is -2.94. The number of anilines is 2. The van der Waals surface area contributed by atoms with Crippen molar-refractivity contribution in [1.29, 1.82) is 0 Å². The van der Waals surface area contributed by atoms with Gasteiger partial charge in [-0.3, -0.25) is 4.79 Å². The number of hydrogen-bond donors (Lipinski definition) is 1. The van der Waals surface area contributed by atoms with Gasteiger partial charge in [0.2, 0.25) is 0 Å². The normalized spacial score (nSPS) is 17.2. The minimum atomic E-state index is -0.975. The van der Waals surface area contributed by atoms with Crippen LogP contribution in [0.25, 0.3) is 0 Å². The summed E-state index contributed by atoms with van der Waals surface area (Å²) < 4.78 is 15.5. The number of carbonyl (C=O) groups excluding carboxylic acids is 1. The third-order valence-corrected chi connectivity index (χ3v) is 5.44. The number of aliphatic carboxylic acids is 1. The Bertz CT molecular complexity index is 844. The Balaban J connectivity index is 0.000000186. The maximum atomic E-state index is 11.0. The van der Waals surface area contributed by atoms with Crippen molar-refractivity contribution in [2.75, 3.05) is 69.5 Å². The molecule has 0 spiro atoms. The molecule has 8 heteroatoms. The zero-order chi connectivity index (χ0) is 22.8. The van der Waals surface area contributed by atoms with Crippen LogP contribution in [0.5, 0.6) is 0 Å². The van der Waals surface area contributed by atoms with E-state index < -0.39 is 12.1 Å². The molecule has 32 heavy (non-hydrogen) atoms. The van der Waals surface area contributed by atoms with Crippen molar-refractivity contribution in [1.82, 2.24) is 0 Å². The molecule has 2 heterocycles. The van der Waals surface area contributed by atoms with Crippen LogP contribution in [0.2, 0.25) is 0 Å². The Morgan fingerprint density at radius 1 is 0.875 bits per heavy atom. The standard InChI is InChI=1S/C13H17NO4.C11H13NO2/c1-17-12(13(15)16)10-2-4-11(5-3-10)14-6-8-18-9-7-14;13-9-10-1-3-11(4-2-10)12-5-7-14-8-6-12/h2-5,12H,6-9H2,1H3,(H,15,16);1-4,9H,5-8H2. The number of hydrogen-bond acceptors (Lipinski definition) is 7. The molecule has 0 saturated carbocycles. The van der Waals surface area contributed by atoms with E-state index in [1.807, 2.05) is 36.4 Å². The molecule has 4 rings (SSSR count). The van der Waals surface area contributed by atoms with Crippen molar-refractivity contribution in [2.24, 2.45) is 0 Å². The summed E-state index contributed by atoms with van der Waals surface area (Å²) in [5, 5.41) is 8.99. The number of ether oxygens (including phenoxy) is 3. The molecular formula is C24H30N2O6. The number of carbonyl (C=O) groups is 2. The summed E-state index contributed by atoms with van der Waals surface area (Å²) >= 11 is 0. The van der Waals surface area contributed by atoms with Gasteiger partial charge in [-0.05, 0) is 42.0 Å². The van der Waals surface area contributed by atoms with E-state index in [2.05, 4.69) is 9.80 Å². The molecule has 2 aliphatic heterocycles. The van der Waals surface area contributed by atoms with Gasteiger partial charge in [0.15, 0.2) is 6.10 Å². The molecular weight excluding hydrogens is 412 g/mol. The summed E-state index contributed by atoms with van der Waals surface area (Å²) in [7, 11) is 1.40. The minimum absolute atomic E-state index is 0.655. The van der Waals surface area contributed by atoms with E-state index in [1.165, 1.54) is 12.8 Å². The fourth-order valence-corrected chi connectivity index (χ4v) is 3.65.